The van der Waals surface area contributed by atoms with Crippen LogP contribution in [0.15, 0.2) is 53.9 Å². The molecular formula is C24H27FN4O3S. The van der Waals surface area contributed by atoms with Crippen molar-refractivity contribution in [3.05, 3.63) is 76.0 Å². The van der Waals surface area contributed by atoms with Crippen molar-refractivity contribution >= 4 is 34.6 Å². The molecule has 0 atom stereocenters. The Morgan fingerprint density at radius 2 is 1.85 bits per heavy atom. The van der Waals surface area contributed by atoms with E-state index in [1.54, 1.807) is 29.5 Å². The number of carbonyl (C=O) groups is 2. The number of hydrogen-bond acceptors (Lipinski definition) is 5. The fraction of sp³-hybridized carbons (Fsp3) is 0.292. The molecule has 1 aromatic heterocycles. The second-order valence-electron chi connectivity index (χ2n) is 7.68. The van der Waals surface area contributed by atoms with Gasteiger partial charge in [0.05, 0.1) is 18.8 Å². The van der Waals surface area contributed by atoms with Crippen molar-refractivity contribution in [3.8, 4) is 0 Å². The van der Waals surface area contributed by atoms with Crippen molar-refractivity contribution in [2.24, 2.45) is 0 Å². The van der Waals surface area contributed by atoms with Gasteiger partial charge < -0.3 is 20.3 Å². The van der Waals surface area contributed by atoms with Crippen LogP contribution in [0, 0.1) is 5.82 Å². The van der Waals surface area contributed by atoms with Crippen molar-refractivity contribution in [1.29, 1.82) is 0 Å². The molecule has 2 N–H and O–H groups in total. The molecule has 0 aliphatic heterocycles. The molecule has 3 aromatic rings. The van der Waals surface area contributed by atoms with E-state index in [0.29, 0.717) is 29.8 Å². The highest BCUT2D eigenvalue weighted by atomic mass is 32.1. The first-order valence-corrected chi connectivity index (χ1v) is 11.4. The molecule has 3 rings (SSSR count). The highest BCUT2D eigenvalue weighted by molar-refractivity contribution is 7.09. The molecule has 0 radical (unpaired) electrons. The summed E-state index contributed by atoms with van der Waals surface area (Å²) in [6.07, 6.45) is 0. The number of para-hydroxylation sites is 1. The molecular weight excluding hydrogens is 443 g/mol. The van der Waals surface area contributed by atoms with Gasteiger partial charge in [-0.05, 0) is 35.7 Å². The van der Waals surface area contributed by atoms with Crippen molar-refractivity contribution in [1.82, 2.24) is 9.88 Å². The lowest BCUT2D eigenvalue weighted by Crippen LogP contribution is -2.36. The standard InChI is InChI=1S/C24H27FN4O3S/c1-16(2)17-8-10-18(11-9-17)26-24(31)29(12-13-32-3)14-22-27-21(15-33-22)23(30)28-20-7-5-4-6-19(20)25/h4-11,15-16H,12-14H2,1-3H3,(H,26,31)(H,28,30). The van der Waals surface area contributed by atoms with Gasteiger partial charge in [0.25, 0.3) is 5.91 Å². The predicted octanol–water partition coefficient (Wildman–Crippen LogP) is 5.34. The minimum absolute atomic E-state index is 0.0848. The SMILES string of the molecule is COCCN(Cc1nc(C(=O)Nc2ccccc2F)cs1)C(=O)Nc1ccc(C(C)C)cc1. The minimum atomic E-state index is -0.523. The van der Waals surface area contributed by atoms with E-state index in [1.807, 2.05) is 24.3 Å². The number of thiazole rings is 1. The molecule has 0 unspecified atom stereocenters. The fourth-order valence-corrected chi connectivity index (χ4v) is 3.80. The number of urea groups is 1. The van der Waals surface area contributed by atoms with Crippen LogP contribution >= 0.6 is 11.3 Å². The summed E-state index contributed by atoms with van der Waals surface area (Å²) < 4.78 is 18.9. The number of hydrogen-bond donors (Lipinski definition) is 2. The van der Waals surface area contributed by atoms with Crippen LogP contribution in [0.2, 0.25) is 0 Å². The van der Waals surface area contributed by atoms with E-state index in [-0.39, 0.29) is 24.0 Å². The maximum Gasteiger partial charge on any atom is 0.322 e. The average Bonchev–Trinajstić information content (AvgIpc) is 3.27. The van der Waals surface area contributed by atoms with Crippen LogP contribution in [0.25, 0.3) is 0 Å². The number of carbonyl (C=O) groups excluding carboxylic acids is 2. The van der Waals surface area contributed by atoms with Gasteiger partial charge in [0.2, 0.25) is 0 Å². The Hall–Kier alpha value is -3.30. The molecule has 0 aliphatic rings. The van der Waals surface area contributed by atoms with Gasteiger partial charge >= 0.3 is 6.03 Å². The van der Waals surface area contributed by atoms with Gasteiger partial charge in [0.1, 0.15) is 16.5 Å². The fourth-order valence-electron chi connectivity index (χ4n) is 3.01. The monoisotopic (exact) mass is 470 g/mol. The zero-order valence-electron chi connectivity index (χ0n) is 18.8. The van der Waals surface area contributed by atoms with E-state index in [0.717, 1.165) is 0 Å². The quantitative estimate of drug-likeness (QED) is 0.442. The number of amides is 3. The third-order valence-corrected chi connectivity index (χ3v) is 5.75. The molecule has 3 amide bonds. The Kier molecular flexibility index (Phi) is 8.51. The predicted molar refractivity (Wildman–Crippen MR) is 128 cm³/mol. The molecule has 0 aliphatic carbocycles. The van der Waals surface area contributed by atoms with Crippen LogP contribution in [0.4, 0.5) is 20.6 Å². The van der Waals surface area contributed by atoms with Crippen molar-refractivity contribution in [2.75, 3.05) is 30.9 Å². The van der Waals surface area contributed by atoms with Crippen LogP contribution in [0.1, 0.15) is 40.8 Å². The summed E-state index contributed by atoms with van der Waals surface area (Å²) in [4.78, 5) is 31.2. The van der Waals surface area contributed by atoms with E-state index in [9.17, 15) is 14.0 Å². The van der Waals surface area contributed by atoms with Gasteiger partial charge in [0.15, 0.2) is 0 Å². The number of benzene rings is 2. The molecule has 0 saturated carbocycles. The molecule has 33 heavy (non-hydrogen) atoms. The summed E-state index contributed by atoms with van der Waals surface area (Å²) in [5, 5.41) is 7.57. The Labute approximate surface area is 196 Å². The van der Waals surface area contributed by atoms with Crippen LogP contribution in [-0.2, 0) is 11.3 Å². The van der Waals surface area contributed by atoms with E-state index < -0.39 is 11.7 Å². The second-order valence-corrected chi connectivity index (χ2v) is 8.62. The molecule has 0 bridgehead atoms. The topological polar surface area (TPSA) is 83.6 Å². The van der Waals surface area contributed by atoms with Crippen LogP contribution in [0.3, 0.4) is 0 Å². The Morgan fingerprint density at radius 3 is 2.52 bits per heavy atom. The Balaban J connectivity index is 1.66. The number of anilines is 2. The van der Waals surface area contributed by atoms with Gasteiger partial charge in [0, 0.05) is 24.7 Å². The molecule has 7 nitrogen and oxygen atoms in total. The third kappa shape index (κ3) is 6.84. The summed E-state index contributed by atoms with van der Waals surface area (Å²) in [7, 11) is 1.56. The van der Waals surface area contributed by atoms with Gasteiger partial charge in [-0.15, -0.1) is 11.3 Å². The lowest BCUT2D eigenvalue weighted by atomic mass is 10.0. The number of aromatic nitrogens is 1. The van der Waals surface area contributed by atoms with Crippen LogP contribution < -0.4 is 10.6 Å². The Morgan fingerprint density at radius 1 is 1.12 bits per heavy atom. The molecule has 0 fully saturated rings. The van der Waals surface area contributed by atoms with Crippen LogP contribution in [0.5, 0.6) is 0 Å². The highest BCUT2D eigenvalue weighted by Gasteiger charge is 2.18. The lowest BCUT2D eigenvalue weighted by Gasteiger charge is -2.22. The molecule has 1 heterocycles. The zero-order chi connectivity index (χ0) is 23.8. The van der Waals surface area contributed by atoms with E-state index in [4.69, 9.17) is 4.74 Å². The second kappa shape index (κ2) is 11.5. The normalized spacial score (nSPS) is 10.8. The molecule has 174 valence electrons. The maximum atomic E-state index is 13.8. The Bertz CT molecular complexity index is 1090. The number of halogens is 1. The van der Waals surface area contributed by atoms with Gasteiger partial charge in [-0.25, -0.2) is 14.2 Å². The van der Waals surface area contributed by atoms with E-state index >= 15 is 0 Å². The molecule has 9 heteroatoms. The summed E-state index contributed by atoms with van der Waals surface area (Å²) in [6, 6.07) is 13.3. The smallest absolute Gasteiger partial charge is 0.322 e. The molecule has 0 spiro atoms. The zero-order valence-corrected chi connectivity index (χ0v) is 19.6. The first-order chi connectivity index (χ1) is 15.9. The van der Waals surface area contributed by atoms with E-state index in [1.165, 1.54) is 29.0 Å². The molecule has 2 aromatic carbocycles. The molecule has 0 saturated heterocycles. The summed E-state index contributed by atoms with van der Waals surface area (Å²) in [6.45, 7) is 5.13. The largest absolute Gasteiger partial charge is 0.383 e. The lowest BCUT2D eigenvalue weighted by molar-refractivity contribution is 0.102. The summed E-state index contributed by atoms with van der Waals surface area (Å²) in [5.74, 6) is -0.631. The highest BCUT2D eigenvalue weighted by Crippen LogP contribution is 2.19. The average molecular weight is 471 g/mol. The summed E-state index contributed by atoms with van der Waals surface area (Å²) >= 11 is 1.26. The van der Waals surface area contributed by atoms with Crippen molar-refractivity contribution in [3.63, 3.8) is 0 Å². The van der Waals surface area contributed by atoms with Gasteiger partial charge in [-0.1, -0.05) is 38.1 Å². The van der Waals surface area contributed by atoms with Gasteiger partial charge in [-0.3, -0.25) is 4.79 Å². The number of rotatable bonds is 9. The van der Waals surface area contributed by atoms with Crippen LogP contribution in [-0.4, -0.2) is 42.1 Å². The number of methoxy groups -OCH3 is 1. The first kappa shape index (κ1) is 24.3. The number of nitrogens with one attached hydrogen (secondary N) is 2. The summed E-state index contributed by atoms with van der Waals surface area (Å²) in [5.41, 5.74) is 2.13. The minimum Gasteiger partial charge on any atom is -0.383 e. The maximum absolute atomic E-state index is 13.8. The van der Waals surface area contributed by atoms with E-state index in [2.05, 4.69) is 29.5 Å². The number of ether oxygens (including phenoxy) is 1. The van der Waals surface area contributed by atoms with Gasteiger partial charge in [-0.2, -0.15) is 0 Å². The van der Waals surface area contributed by atoms with Crippen molar-refractivity contribution < 1.29 is 18.7 Å². The van der Waals surface area contributed by atoms with Crippen molar-refractivity contribution in [2.45, 2.75) is 26.3 Å². The third-order valence-electron chi connectivity index (χ3n) is 4.91. The number of nitrogens with zero attached hydrogens (tertiary/aromatic N) is 2. The first-order valence-electron chi connectivity index (χ1n) is 10.5.